The number of hydrogen-bond donors (Lipinski definition) is 0. The summed E-state index contributed by atoms with van der Waals surface area (Å²) in [5, 5.41) is 1.04. The number of methoxy groups -OCH3 is 1. The van der Waals surface area contributed by atoms with Crippen LogP contribution in [0, 0.1) is 13.8 Å². The van der Waals surface area contributed by atoms with Crippen molar-refractivity contribution in [1.29, 1.82) is 0 Å². The minimum atomic E-state index is -0.318. The largest absolute Gasteiger partial charge is 0.465 e. The summed E-state index contributed by atoms with van der Waals surface area (Å²) < 4.78 is 6.87. The predicted octanol–water partition coefficient (Wildman–Crippen LogP) is 3.43. The Balaban J connectivity index is 2.20. The van der Waals surface area contributed by atoms with Gasteiger partial charge in [0.1, 0.15) is 0 Å². The van der Waals surface area contributed by atoms with E-state index in [1.54, 1.807) is 6.07 Å². The lowest BCUT2D eigenvalue weighted by atomic mass is 10.1. The number of nitrogens with zero attached hydrogens (tertiary/aromatic N) is 2. The van der Waals surface area contributed by atoms with Crippen LogP contribution in [0.3, 0.4) is 0 Å². The number of pyridine rings is 1. The zero-order valence-corrected chi connectivity index (χ0v) is 12.3. The van der Waals surface area contributed by atoms with Crippen molar-refractivity contribution in [2.75, 3.05) is 7.11 Å². The maximum Gasteiger partial charge on any atom is 0.337 e. The van der Waals surface area contributed by atoms with E-state index in [-0.39, 0.29) is 5.97 Å². The second-order valence-electron chi connectivity index (χ2n) is 5.13. The number of esters is 1. The lowest BCUT2D eigenvalue weighted by molar-refractivity contribution is 0.0601. The van der Waals surface area contributed by atoms with E-state index in [1.807, 2.05) is 38.4 Å². The first-order valence-corrected chi connectivity index (χ1v) is 6.72. The molecule has 0 radical (unpaired) electrons. The maximum absolute atomic E-state index is 11.7. The average Bonchev–Trinajstić information content (AvgIpc) is 2.83. The van der Waals surface area contributed by atoms with Gasteiger partial charge in [-0.2, -0.15) is 0 Å². The number of carbonyl (C=O) groups excluding carboxylic acids is 1. The molecule has 106 valence electrons. The molecule has 0 spiro atoms. The molecule has 2 heterocycles. The first-order chi connectivity index (χ1) is 10.1. The summed E-state index contributed by atoms with van der Waals surface area (Å²) in [5.74, 6) is -0.318. The number of hydrogen-bond acceptors (Lipinski definition) is 3. The van der Waals surface area contributed by atoms with Gasteiger partial charge in [0.2, 0.25) is 0 Å². The van der Waals surface area contributed by atoms with Crippen LogP contribution in [0.25, 0.3) is 16.6 Å². The second-order valence-corrected chi connectivity index (χ2v) is 5.13. The van der Waals surface area contributed by atoms with Crippen molar-refractivity contribution < 1.29 is 9.53 Å². The van der Waals surface area contributed by atoms with Gasteiger partial charge in [-0.05, 0) is 49.2 Å². The molecule has 2 aromatic heterocycles. The predicted molar refractivity (Wildman–Crippen MR) is 81.9 cm³/mol. The molecule has 1 aromatic carbocycles. The summed E-state index contributed by atoms with van der Waals surface area (Å²) in [5.41, 5.74) is 4.84. The second kappa shape index (κ2) is 5.05. The van der Waals surface area contributed by atoms with Gasteiger partial charge < -0.3 is 9.30 Å². The van der Waals surface area contributed by atoms with Crippen molar-refractivity contribution in [3.05, 3.63) is 59.5 Å². The Hall–Kier alpha value is -2.62. The van der Waals surface area contributed by atoms with Gasteiger partial charge in [0.05, 0.1) is 30.1 Å². The molecule has 0 aliphatic carbocycles. The number of rotatable bonds is 2. The standard InChI is InChI=1S/C17H16N2O2/c1-11-6-14(9-18-8-11)19-10-12(2)15-7-13(17(20)21-3)4-5-16(15)19/h4-10H,1-3H3. The molecule has 0 amide bonds. The van der Waals surface area contributed by atoms with Crippen LogP contribution in [0.15, 0.2) is 42.9 Å². The van der Waals surface area contributed by atoms with E-state index in [2.05, 4.69) is 21.8 Å². The molecule has 0 aliphatic rings. The Bertz CT molecular complexity index is 834. The quantitative estimate of drug-likeness (QED) is 0.675. The van der Waals surface area contributed by atoms with Crippen molar-refractivity contribution in [2.45, 2.75) is 13.8 Å². The average molecular weight is 280 g/mol. The highest BCUT2D eigenvalue weighted by atomic mass is 16.5. The van der Waals surface area contributed by atoms with Gasteiger partial charge >= 0.3 is 5.97 Å². The zero-order chi connectivity index (χ0) is 15.0. The van der Waals surface area contributed by atoms with Crippen LogP contribution in [0.2, 0.25) is 0 Å². The molecule has 0 bridgehead atoms. The number of aromatic nitrogens is 2. The van der Waals surface area contributed by atoms with Gasteiger partial charge in [0.25, 0.3) is 0 Å². The lowest BCUT2D eigenvalue weighted by Gasteiger charge is -2.06. The molecule has 4 nitrogen and oxygen atoms in total. The molecule has 0 saturated heterocycles. The molecule has 0 unspecified atom stereocenters. The summed E-state index contributed by atoms with van der Waals surface area (Å²) in [6.45, 7) is 4.05. The highest BCUT2D eigenvalue weighted by Crippen LogP contribution is 2.25. The van der Waals surface area contributed by atoms with Crippen molar-refractivity contribution >= 4 is 16.9 Å². The summed E-state index contributed by atoms with van der Waals surface area (Å²) in [4.78, 5) is 15.9. The number of carbonyl (C=O) groups is 1. The number of ether oxygens (including phenoxy) is 1. The molecule has 4 heteroatoms. The topological polar surface area (TPSA) is 44.1 Å². The molecule has 3 rings (SSSR count). The van der Waals surface area contributed by atoms with Gasteiger partial charge in [-0.1, -0.05) is 0 Å². The van der Waals surface area contributed by atoms with Crippen LogP contribution in [0.4, 0.5) is 0 Å². The Labute approximate surface area is 123 Å². The van der Waals surface area contributed by atoms with E-state index in [0.717, 1.165) is 27.7 Å². The van der Waals surface area contributed by atoms with Gasteiger partial charge in [-0.25, -0.2) is 4.79 Å². The van der Waals surface area contributed by atoms with Gasteiger partial charge in [0, 0.05) is 17.8 Å². The first-order valence-electron chi connectivity index (χ1n) is 6.72. The number of aryl methyl sites for hydroxylation is 2. The number of fused-ring (bicyclic) bond motifs is 1. The monoisotopic (exact) mass is 280 g/mol. The third-order valence-corrected chi connectivity index (χ3v) is 3.56. The normalized spacial score (nSPS) is 10.8. The first kappa shape index (κ1) is 13.4. The minimum Gasteiger partial charge on any atom is -0.465 e. The Morgan fingerprint density at radius 2 is 2.00 bits per heavy atom. The SMILES string of the molecule is COC(=O)c1ccc2c(c1)c(C)cn2-c1cncc(C)c1. The van der Waals surface area contributed by atoms with E-state index < -0.39 is 0 Å². The third kappa shape index (κ3) is 2.29. The maximum atomic E-state index is 11.7. The van der Waals surface area contributed by atoms with E-state index in [9.17, 15) is 4.79 Å². The van der Waals surface area contributed by atoms with Gasteiger partial charge in [-0.3, -0.25) is 4.98 Å². The van der Waals surface area contributed by atoms with E-state index in [1.165, 1.54) is 7.11 Å². The van der Waals surface area contributed by atoms with Crippen LogP contribution < -0.4 is 0 Å². The smallest absolute Gasteiger partial charge is 0.337 e. The lowest BCUT2D eigenvalue weighted by Crippen LogP contribution is -2.00. The molecular formula is C17H16N2O2. The summed E-state index contributed by atoms with van der Waals surface area (Å²) in [6, 6.07) is 7.68. The van der Waals surface area contributed by atoms with E-state index in [4.69, 9.17) is 4.74 Å². The highest BCUT2D eigenvalue weighted by molar-refractivity contribution is 5.96. The van der Waals surface area contributed by atoms with Gasteiger partial charge in [0.15, 0.2) is 0 Å². The van der Waals surface area contributed by atoms with Crippen molar-refractivity contribution in [3.63, 3.8) is 0 Å². The molecule has 0 N–H and O–H groups in total. The molecule has 21 heavy (non-hydrogen) atoms. The molecule has 0 saturated carbocycles. The third-order valence-electron chi connectivity index (χ3n) is 3.56. The van der Waals surface area contributed by atoms with E-state index >= 15 is 0 Å². The summed E-state index contributed by atoms with van der Waals surface area (Å²) in [7, 11) is 1.39. The molecule has 0 fully saturated rings. The Kier molecular flexibility index (Phi) is 3.22. The van der Waals surface area contributed by atoms with Crippen molar-refractivity contribution in [1.82, 2.24) is 9.55 Å². The highest BCUT2D eigenvalue weighted by Gasteiger charge is 2.11. The Morgan fingerprint density at radius 3 is 2.71 bits per heavy atom. The molecule has 0 aliphatic heterocycles. The zero-order valence-electron chi connectivity index (χ0n) is 12.3. The van der Waals surface area contributed by atoms with Crippen LogP contribution in [0.1, 0.15) is 21.5 Å². The summed E-state index contributed by atoms with van der Waals surface area (Å²) >= 11 is 0. The fraction of sp³-hybridized carbons (Fsp3) is 0.176. The summed E-state index contributed by atoms with van der Waals surface area (Å²) in [6.07, 6.45) is 5.72. The fourth-order valence-corrected chi connectivity index (χ4v) is 2.52. The molecular weight excluding hydrogens is 264 g/mol. The fourth-order valence-electron chi connectivity index (χ4n) is 2.52. The molecule has 0 atom stereocenters. The van der Waals surface area contributed by atoms with Crippen LogP contribution in [0.5, 0.6) is 0 Å². The van der Waals surface area contributed by atoms with Crippen molar-refractivity contribution in [3.8, 4) is 5.69 Å². The van der Waals surface area contributed by atoms with Crippen LogP contribution in [-0.4, -0.2) is 22.6 Å². The Morgan fingerprint density at radius 1 is 1.19 bits per heavy atom. The van der Waals surface area contributed by atoms with Crippen molar-refractivity contribution in [2.24, 2.45) is 0 Å². The van der Waals surface area contributed by atoms with E-state index in [0.29, 0.717) is 5.56 Å². The van der Waals surface area contributed by atoms with Gasteiger partial charge in [-0.15, -0.1) is 0 Å². The van der Waals surface area contributed by atoms with Crippen LogP contribution in [-0.2, 0) is 4.74 Å². The minimum absolute atomic E-state index is 0.318. The van der Waals surface area contributed by atoms with Crippen LogP contribution >= 0.6 is 0 Å². The number of benzene rings is 1. The molecule has 3 aromatic rings.